The van der Waals surface area contributed by atoms with Gasteiger partial charge in [0.05, 0.1) is 0 Å². The van der Waals surface area contributed by atoms with E-state index in [-0.39, 0.29) is 6.42 Å². The Kier molecular flexibility index (Phi) is 4.87. The van der Waals surface area contributed by atoms with Gasteiger partial charge in [-0.25, -0.2) is 0 Å². The van der Waals surface area contributed by atoms with Crippen molar-refractivity contribution in [1.82, 2.24) is 0 Å². The Bertz CT molecular complexity index is 386. The first kappa shape index (κ1) is 14.7. The predicted octanol–water partition coefficient (Wildman–Crippen LogP) is 3.82. The minimum Gasteiger partial charge on any atom is -0.385 e. The lowest BCUT2D eigenvalue weighted by Crippen LogP contribution is -2.12. The van der Waals surface area contributed by atoms with E-state index in [0.29, 0.717) is 6.54 Å². The highest BCUT2D eigenvalue weighted by molar-refractivity contribution is 5.61. The molecule has 0 atom stereocenters. The first-order valence-corrected chi connectivity index (χ1v) is 5.88. The van der Waals surface area contributed by atoms with Gasteiger partial charge in [0.25, 0.3) is 0 Å². The van der Waals surface area contributed by atoms with Gasteiger partial charge in [-0.3, -0.25) is 0 Å². The fourth-order valence-corrected chi connectivity index (χ4v) is 1.72. The molecule has 18 heavy (non-hydrogen) atoms. The van der Waals surface area contributed by atoms with Crippen LogP contribution in [0.1, 0.15) is 18.4 Å². The summed E-state index contributed by atoms with van der Waals surface area (Å²) in [6.45, 7) is 2.33. The molecule has 1 rings (SSSR count). The van der Waals surface area contributed by atoms with Crippen molar-refractivity contribution in [3.63, 3.8) is 0 Å². The van der Waals surface area contributed by atoms with Gasteiger partial charge >= 0.3 is 6.18 Å². The second-order valence-electron chi connectivity index (χ2n) is 4.54. The van der Waals surface area contributed by atoms with Crippen LogP contribution in [0.25, 0.3) is 0 Å². The van der Waals surface area contributed by atoms with E-state index in [1.165, 1.54) is 0 Å². The first-order valence-electron chi connectivity index (χ1n) is 5.88. The summed E-state index contributed by atoms with van der Waals surface area (Å²) < 4.78 is 35.9. The lowest BCUT2D eigenvalue weighted by Gasteiger charge is -2.17. The van der Waals surface area contributed by atoms with Gasteiger partial charge in [0, 0.05) is 38.4 Å². The molecule has 0 heterocycles. The maximum absolute atomic E-state index is 12.0. The number of anilines is 2. The molecule has 1 N–H and O–H groups in total. The molecule has 0 spiro atoms. The molecule has 102 valence electrons. The number of halogens is 3. The maximum Gasteiger partial charge on any atom is 0.389 e. The van der Waals surface area contributed by atoms with Crippen molar-refractivity contribution in [3.8, 4) is 0 Å². The number of aryl methyl sites for hydroxylation is 1. The Morgan fingerprint density at radius 3 is 2.44 bits per heavy atom. The van der Waals surface area contributed by atoms with Crippen molar-refractivity contribution in [2.75, 3.05) is 30.9 Å². The van der Waals surface area contributed by atoms with Gasteiger partial charge in [-0.2, -0.15) is 13.2 Å². The first-order chi connectivity index (χ1) is 8.29. The van der Waals surface area contributed by atoms with Crippen molar-refractivity contribution >= 4 is 11.4 Å². The Morgan fingerprint density at radius 2 is 1.89 bits per heavy atom. The molecule has 5 heteroatoms. The summed E-state index contributed by atoms with van der Waals surface area (Å²) in [5.41, 5.74) is 3.06. The van der Waals surface area contributed by atoms with Crippen LogP contribution in [0, 0.1) is 6.92 Å². The van der Waals surface area contributed by atoms with E-state index in [4.69, 9.17) is 0 Å². The monoisotopic (exact) mass is 260 g/mol. The summed E-state index contributed by atoms with van der Waals surface area (Å²) in [7, 11) is 3.88. The Balaban J connectivity index is 2.51. The molecule has 0 aliphatic heterocycles. The van der Waals surface area contributed by atoms with E-state index < -0.39 is 12.6 Å². The molecule has 0 radical (unpaired) electrons. The second kappa shape index (κ2) is 5.98. The van der Waals surface area contributed by atoms with Crippen LogP contribution < -0.4 is 10.2 Å². The quantitative estimate of drug-likeness (QED) is 0.810. The highest BCUT2D eigenvalue weighted by atomic mass is 19.4. The number of hydrogen-bond acceptors (Lipinski definition) is 2. The van der Waals surface area contributed by atoms with Gasteiger partial charge in [-0.1, -0.05) is 6.07 Å². The fourth-order valence-electron chi connectivity index (χ4n) is 1.72. The highest BCUT2D eigenvalue weighted by Gasteiger charge is 2.25. The van der Waals surface area contributed by atoms with Crippen LogP contribution in [-0.2, 0) is 0 Å². The summed E-state index contributed by atoms with van der Waals surface area (Å²) >= 11 is 0. The van der Waals surface area contributed by atoms with Crippen LogP contribution in [0.3, 0.4) is 0 Å². The number of rotatable bonds is 5. The van der Waals surface area contributed by atoms with Crippen LogP contribution in [-0.4, -0.2) is 26.8 Å². The molecule has 0 fully saturated rings. The van der Waals surface area contributed by atoms with Crippen molar-refractivity contribution in [3.05, 3.63) is 23.8 Å². The van der Waals surface area contributed by atoms with E-state index in [9.17, 15) is 13.2 Å². The van der Waals surface area contributed by atoms with Gasteiger partial charge in [0.15, 0.2) is 0 Å². The number of nitrogens with one attached hydrogen (secondary N) is 1. The third-order valence-corrected chi connectivity index (χ3v) is 2.66. The van der Waals surface area contributed by atoms with Gasteiger partial charge in [-0.05, 0) is 31.0 Å². The summed E-state index contributed by atoms with van der Waals surface area (Å²) in [5.74, 6) is 0. The summed E-state index contributed by atoms with van der Waals surface area (Å²) in [4.78, 5) is 1.98. The third kappa shape index (κ3) is 4.85. The average Bonchev–Trinajstić information content (AvgIpc) is 2.24. The minimum atomic E-state index is -4.07. The molecule has 0 aromatic heterocycles. The van der Waals surface area contributed by atoms with E-state index in [0.717, 1.165) is 16.9 Å². The van der Waals surface area contributed by atoms with Crippen molar-refractivity contribution < 1.29 is 13.2 Å². The molecule has 0 amide bonds. The van der Waals surface area contributed by atoms with Gasteiger partial charge < -0.3 is 10.2 Å². The van der Waals surface area contributed by atoms with Crippen LogP contribution >= 0.6 is 0 Å². The number of nitrogens with zero attached hydrogens (tertiary/aromatic N) is 1. The number of alkyl halides is 3. The molecule has 1 aromatic rings. The minimum absolute atomic E-state index is 0.0919. The Labute approximate surface area is 106 Å². The predicted molar refractivity (Wildman–Crippen MR) is 69.3 cm³/mol. The zero-order valence-corrected chi connectivity index (χ0v) is 10.9. The van der Waals surface area contributed by atoms with Crippen LogP contribution in [0.15, 0.2) is 18.2 Å². The lowest BCUT2D eigenvalue weighted by atomic mass is 10.1. The van der Waals surface area contributed by atoms with Crippen molar-refractivity contribution in [2.24, 2.45) is 0 Å². The molecule has 0 saturated carbocycles. The van der Waals surface area contributed by atoms with E-state index in [2.05, 4.69) is 5.32 Å². The van der Waals surface area contributed by atoms with E-state index in [1.54, 1.807) is 0 Å². The SMILES string of the molecule is Cc1ccc(NCCCC(F)(F)F)cc1N(C)C. The summed E-state index contributed by atoms with van der Waals surface area (Å²) in [6.07, 6.45) is -4.72. The molecule has 0 saturated heterocycles. The number of hydrogen-bond donors (Lipinski definition) is 1. The molecular formula is C13H19F3N2. The standard InChI is InChI=1S/C13H19F3N2/c1-10-5-6-11(9-12(10)18(2)3)17-8-4-7-13(14,15)16/h5-6,9,17H,4,7-8H2,1-3H3. The van der Waals surface area contributed by atoms with Gasteiger partial charge in [-0.15, -0.1) is 0 Å². The molecule has 2 nitrogen and oxygen atoms in total. The normalized spacial score (nSPS) is 11.4. The van der Waals surface area contributed by atoms with E-state index in [1.807, 2.05) is 44.1 Å². The average molecular weight is 260 g/mol. The number of benzene rings is 1. The van der Waals surface area contributed by atoms with Crippen LogP contribution in [0.4, 0.5) is 24.5 Å². The molecule has 0 bridgehead atoms. The zero-order chi connectivity index (χ0) is 13.8. The second-order valence-corrected chi connectivity index (χ2v) is 4.54. The van der Waals surface area contributed by atoms with Crippen LogP contribution in [0.5, 0.6) is 0 Å². The largest absolute Gasteiger partial charge is 0.389 e. The molecule has 0 aliphatic carbocycles. The van der Waals surface area contributed by atoms with E-state index >= 15 is 0 Å². The van der Waals surface area contributed by atoms with Crippen molar-refractivity contribution in [1.29, 1.82) is 0 Å². The highest BCUT2D eigenvalue weighted by Crippen LogP contribution is 2.24. The topological polar surface area (TPSA) is 15.3 Å². The summed E-state index contributed by atoms with van der Waals surface area (Å²) in [5, 5.41) is 3.01. The van der Waals surface area contributed by atoms with Crippen molar-refractivity contribution in [2.45, 2.75) is 25.9 Å². The summed E-state index contributed by atoms with van der Waals surface area (Å²) in [6, 6.07) is 5.79. The lowest BCUT2D eigenvalue weighted by molar-refractivity contribution is -0.134. The van der Waals surface area contributed by atoms with Crippen LogP contribution in [0.2, 0.25) is 0 Å². The molecule has 0 unspecified atom stereocenters. The molecule has 1 aromatic carbocycles. The molecule has 0 aliphatic rings. The zero-order valence-electron chi connectivity index (χ0n) is 10.9. The smallest absolute Gasteiger partial charge is 0.385 e. The Morgan fingerprint density at radius 1 is 1.22 bits per heavy atom. The van der Waals surface area contributed by atoms with Gasteiger partial charge in [0.2, 0.25) is 0 Å². The Hall–Kier alpha value is -1.39. The molecular weight excluding hydrogens is 241 g/mol. The third-order valence-electron chi connectivity index (χ3n) is 2.66. The fraction of sp³-hybridized carbons (Fsp3) is 0.538. The van der Waals surface area contributed by atoms with Gasteiger partial charge in [0.1, 0.15) is 0 Å². The maximum atomic E-state index is 12.0.